The topological polar surface area (TPSA) is 153 Å². The van der Waals surface area contributed by atoms with Crippen LogP contribution in [-0.4, -0.2) is 83.4 Å². The van der Waals surface area contributed by atoms with E-state index in [1.54, 1.807) is 23.5 Å². The van der Waals surface area contributed by atoms with Crippen LogP contribution in [0.4, 0.5) is 4.79 Å². The summed E-state index contributed by atoms with van der Waals surface area (Å²) in [5.41, 5.74) is -1.81. The quantitative estimate of drug-likeness (QED) is 0.134. The van der Waals surface area contributed by atoms with Gasteiger partial charge in [-0.25, -0.2) is 38.7 Å². The highest BCUT2D eigenvalue weighted by molar-refractivity contribution is 7.99. The number of imide groups is 1. The molecule has 204 valence electrons. The van der Waals surface area contributed by atoms with Crippen molar-refractivity contribution in [2.75, 3.05) is 42.7 Å². The average molecular weight is 547 g/mol. The molecule has 3 N–H and O–H groups in total. The van der Waals surface area contributed by atoms with E-state index in [0.29, 0.717) is 36.6 Å². The summed E-state index contributed by atoms with van der Waals surface area (Å²) in [7, 11) is 0. The van der Waals surface area contributed by atoms with Gasteiger partial charge in [-0.1, -0.05) is 20.8 Å². The van der Waals surface area contributed by atoms with Crippen molar-refractivity contribution in [3.8, 4) is 0 Å². The number of carbonyl (C=O) groups is 2. The van der Waals surface area contributed by atoms with E-state index in [-0.39, 0.29) is 38.2 Å². The van der Waals surface area contributed by atoms with E-state index >= 15 is 0 Å². The van der Waals surface area contributed by atoms with Crippen molar-refractivity contribution in [3.05, 3.63) is 31.5 Å². The Kier molecular flexibility index (Phi) is 11.8. The predicted molar refractivity (Wildman–Crippen MR) is 142 cm³/mol. The molecular formula is C22H38N6O6S2. The lowest BCUT2D eigenvalue weighted by Gasteiger charge is -2.17. The van der Waals surface area contributed by atoms with Crippen molar-refractivity contribution in [3.63, 3.8) is 0 Å². The van der Waals surface area contributed by atoms with E-state index in [1.165, 1.54) is 4.90 Å². The van der Waals surface area contributed by atoms with E-state index in [4.69, 9.17) is 5.84 Å². The molecule has 2 heterocycles. The first-order valence-electron chi connectivity index (χ1n) is 12.1. The summed E-state index contributed by atoms with van der Waals surface area (Å²) in [6.07, 6.45) is 1.84. The van der Waals surface area contributed by atoms with Crippen LogP contribution in [0.15, 0.2) is 14.4 Å². The minimum absolute atomic E-state index is 0.00593. The lowest BCUT2D eigenvalue weighted by atomic mass is 10.0. The third-order valence-corrected chi connectivity index (χ3v) is 8.18. The van der Waals surface area contributed by atoms with Crippen LogP contribution in [0, 0.1) is 5.41 Å². The molecule has 0 saturated carbocycles. The molecular weight excluding hydrogens is 508 g/mol. The van der Waals surface area contributed by atoms with Gasteiger partial charge in [-0.3, -0.25) is 4.79 Å². The van der Waals surface area contributed by atoms with Crippen molar-refractivity contribution in [1.29, 1.82) is 0 Å². The molecule has 0 aliphatic carbocycles. The van der Waals surface area contributed by atoms with Crippen LogP contribution < -0.4 is 22.9 Å². The highest BCUT2D eigenvalue weighted by Gasteiger charge is 2.33. The molecule has 0 radical (unpaired) electrons. The maximum atomic E-state index is 12.9. The van der Waals surface area contributed by atoms with E-state index in [2.05, 4.69) is 20.8 Å². The highest BCUT2D eigenvalue weighted by Crippen LogP contribution is 2.20. The Morgan fingerprint density at radius 3 is 1.69 bits per heavy atom. The molecule has 0 unspecified atom stereocenters. The molecule has 2 rings (SSSR count). The van der Waals surface area contributed by atoms with Crippen LogP contribution in [0.2, 0.25) is 0 Å². The fraction of sp³-hybridized carbons (Fsp3) is 0.773. The lowest BCUT2D eigenvalue weighted by Crippen LogP contribution is -2.55. The Morgan fingerprint density at radius 2 is 1.25 bits per heavy atom. The van der Waals surface area contributed by atoms with Gasteiger partial charge in [0.25, 0.3) is 5.91 Å². The SMILES string of the molecule is CC(C)(C)CSCCCn1c(=O)n(CCO)c(=O)n(CCCSCCCN2CC(=O)N(N)C2=O)c1=O. The number of aromatic nitrogens is 3. The number of rotatable bonds is 15. The summed E-state index contributed by atoms with van der Waals surface area (Å²) in [4.78, 5) is 63.0. The largest absolute Gasteiger partial charge is 0.395 e. The Morgan fingerprint density at radius 1 is 0.778 bits per heavy atom. The summed E-state index contributed by atoms with van der Waals surface area (Å²) in [5, 5.41) is 9.93. The van der Waals surface area contributed by atoms with Gasteiger partial charge in [0, 0.05) is 19.6 Å². The fourth-order valence-electron chi connectivity index (χ4n) is 3.58. The van der Waals surface area contributed by atoms with Crippen molar-refractivity contribution in [2.45, 2.75) is 59.7 Å². The van der Waals surface area contributed by atoms with Crippen LogP contribution >= 0.6 is 23.5 Å². The number of nitrogens with zero attached hydrogens (tertiary/aromatic N) is 5. The third kappa shape index (κ3) is 8.53. The van der Waals surface area contributed by atoms with Gasteiger partial charge in [0.15, 0.2) is 0 Å². The van der Waals surface area contributed by atoms with Crippen LogP contribution in [0.1, 0.15) is 40.0 Å². The first kappa shape index (κ1) is 30.2. The molecule has 1 aliphatic heterocycles. The summed E-state index contributed by atoms with van der Waals surface area (Å²) >= 11 is 3.37. The van der Waals surface area contributed by atoms with E-state index in [1.807, 2.05) is 0 Å². The monoisotopic (exact) mass is 546 g/mol. The number of hydrazine groups is 1. The van der Waals surface area contributed by atoms with E-state index in [9.17, 15) is 29.1 Å². The van der Waals surface area contributed by atoms with Gasteiger partial charge in [-0.15, -0.1) is 0 Å². The number of carbonyl (C=O) groups excluding carboxylic acids is 2. The maximum absolute atomic E-state index is 12.9. The average Bonchev–Trinajstić information content (AvgIpc) is 3.05. The van der Waals surface area contributed by atoms with Gasteiger partial charge in [-0.2, -0.15) is 28.5 Å². The Hall–Kier alpha value is -2.03. The minimum Gasteiger partial charge on any atom is -0.395 e. The van der Waals surface area contributed by atoms with Gasteiger partial charge in [0.1, 0.15) is 6.54 Å². The number of thioether (sulfide) groups is 2. The lowest BCUT2D eigenvalue weighted by molar-refractivity contribution is -0.125. The molecule has 12 nitrogen and oxygen atoms in total. The fourth-order valence-corrected chi connectivity index (χ4v) is 5.55. The van der Waals surface area contributed by atoms with Crippen LogP contribution in [-0.2, 0) is 24.4 Å². The van der Waals surface area contributed by atoms with Crippen molar-refractivity contribution in [2.24, 2.45) is 11.3 Å². The van der Waals surface area contributed by atoms with Crippen molar-refractivity contribution < 1.29 is 14.7 Å². The molecule has 1 fully saturated rings. The molecule has 14 heteroatoms. The maximum Gasteiger partial charge on any atom is 0.341 e. The third-order valence-electron chi connectivity index (χ3n) is 5.37. The second kappa shape index (κ2) is 14.1. The zero-order valence-electron chi connectivity index (χ0n) is 21.3. The molecule has 1 saturated heterocycles. The van der Waals surface area contributed by atoms with Gasteiger partial charge < -0.3 is 10.0 Å². The van der Waals surface area contributed by atoms with Crippen LogP contribution in [0.25, 0.3) is 0 Å². The number of hydrogen-bond donors (Lipinski definition) is 2. The standard InChI is InChI=1S/C22H38N6O6S2/c1-22(2,3)16-36-14-6-9-26-19(32)25(20(33)27(10-11-29)21(26)34)8-5-13-35-12-4-7-24-15-17(30)28(23)18(24)31/h29H,4-16,23H2,1-3H3. The van der Waals surface area contributed by atoms with Gasteiger partial charge in [-0.05, 0) is 47.7 Å². The van der Waals surface area contributed by atoms with E-state index < -0.39 is 29.0 Å². The molecule has 3 amide bonds. The zero-order chi connectivity index (χ0) is 26.9. The Balaban J connectivity index is 1.90. The molecule has 0 bridgehead atoms. The number of aliphatic hydroxyl groups excluding tert-OH is 1. The molecule has 1 aliphatic rings. The van der Waals surface area contributed by atoms with Gasteiger partial charge >= 0.3 is 23.1 Å². The van der Waals surface area contributed by atoms with Crippen molar-refractivity contribution >= 4 is 35.5 Å². The highest BCUT2D eigenvalue weighted by atomic mass is 32.2. The zero-order valence-corrected chi connectivity index (χ0v) is 22.9. The number of amides is 3. The summed E-state index contributed by atoms with van der Waals surface area (Å²) in [6, 6.07) is -0.494. The molecule has 0 spiro atoms. The first-order valence-corrected chi connectivity index (χ1v) is 14.4. The first-order chi connectivity index (χ1) is 17.0. The molecule has 1 aromatic rings. The number of urea groups is 1. The number of aliphatic hydroxyl groups is 1. The second-order valence-electron chi connectivity index (χ2n) is 9.78. The molecule has 1 aromatic heterocycles. The minimum atomic E-state index is -0.703. The van der Waals surface area contributed by atoms with Gasteiger partial charge in [0.2, 0.25) is 0 Å². The smallest absolute Gasteiger partial charge is 0.341 e. The predicted octanol–water partition coefficient (Wildman–Crippen LogP) is -0.0153. The van der Waals surface area contributed by atoms with E-state index in [0.717, 1.165) is 31.0 Å². The number of nitrogens with two attached hydrogens (primary N) is 1. The Labute approximate surface area is 218 Å². The molecule has 0 aromatic carbocycles. The summed E-state index contributed by atoms with van der Waals surface area (Å²) in [5.74, 6) is 8.10. The summed E-state index contributed by atoms with van der Waals surface area (Å²) < 4.78 is 3.09. The second-order valence-corrected chi connectivity index (χ2v) is 12.1. The normalized spacial score (nSPS) is 14.4. The van der Waals surface area contributed by atoms with Crippen molar-refractivity contribution in [1.82, 2.24) is 23.6 Å². The molecule has 36 heavy (non-hydrogen) atoms. The van der Waals surface area contributed by atoms with Gasteiger partial charge in [0.05, 0.1) is 13.2 Å². The Bertz CT molecular complexity index is 1080. The molecule has 0 atom stereocenters. The number of hydrogen-bond acceptors (Lipinski definition) is 9. The van der Waals surface area contributed by atoms with Crippen LogP contribution in [0.3, 0.4) is 0 Å². The summed E-state index contributed by atoms with van der Waals surface area (Å²) in [6.45, 7) is 6.71. The van der Waals surface area contributed by atoms with Crippen LogP contribution in [0.5, 0.6) is 0 Å².